The Hall–Kier alpha value is -3.81. The average molecular weight is 392 g/mol. The van der Waals surface area contributed by atoms with Crippen molar-refractivity contribution in [1.29, 1.82) is 0 Å². The van der Waals surface area contributed by atoms with E-state index in [0.29, 0.717) is 24.4 Å². The molecule has 0 bridgehead atoms. The minimum absolute atomic E-state index is 0.236. The van der Waals surface area contributed by atoms with Crippen LogP contribution in [-0.4, -0.2) is 34.1 Å². The van der Waals surface area contributed by atoms with Crippen LogP contribution in [0.4, 0.5) is 5.82 Å². The predicted octanol–water partition coefficient (Wildman–Crippen LogP) is 2.87. The van der Waals surface area contributed by atoms with Crippen molar-refractivity contribution in [3.8, 4) is 11.5 Å². The number of aromatic amines is 2. The Balaban J connectivity index is 1.74. The molecule has 2 N–H and O–H groups in total. The summed E-state index contributed by atoms with van der Waals surface area (Å²) in [6.45, 7) is 1.07. The molecule has 4 aromatic rings. The van der Waals surface area contributed by atoms with Crippen molar-refractivity contribution in [1.82, 2.24) is 19.9 Å². The fourth-order valence-electron chi connectivity index (χ4n) is 3.14. The molecule has 2 aromatic carbocycles. The molecule has 0 atom stereocenters. The zero-order valence-corrected chi connectivity index (χ0v) is 16.1. The van der Waals surface area contributed by atoms with E-state index in [4.69, 9.17) is 10.9 Å². The third-order valence-electron chi connectivity index (χ3n) is 4.61. The second-order valence-electron chi connectivity index (χ2n) is 6.49. The standard InChI is InChI=1S/C21H21N5O3/c1-28-16-7-3-14(4-8-16)11-26(12-15-5-9-17(29-2)10-6-15)20-18-19(22-13-23-20)25-21(27)24-18/h3-10,13H,11-12H2,1-2H3,(H2,22,23,24,25,27)/i/hD. The summed E-state index contributed by atoms with van der Waals surface area (Å²) in [5.41, 5.74) is 2.20. The minimum Gasteiger partial charge on any atom is -0.497 e. The predicted molar refractivity (Wildman–Crippen MR) is 110 cm³/mol. The summed E-state index contributed by atoms with van der Waals surface area (Å²) in [7, 11) is 3.26. The van der Waals surface area contributed by atoms with Gasteiger partial charge in [-0.25, -0.2) is 14.8 Å². The molecule has 0 fully saturated rings. The molecule has 8 heteroatoms. The summed E-state index contributed by atoms with van der Waals surface area (Å²) in [5, 5.41) is 0. The normalized spacial score (nSPS) is 11.3. The van der Waals surface area contributed by atoms with Crippen LogP contribution in [0.2, 0.25) is 1.41 Å². The van der Waals surface area contributed by atoms with Gasteiger partial charge in [0.05, 0.1) is 14.2 Å². The van der Waals surface area contributed by atoms with Crippen LogP contribution in [0.25, 0.3) is 11.2 Å². The molecule has 0 aliphatic heterocycles. The lowest BCUT2D eigenvalue weighted by Gasteiger charge is -2.24. The molecule has 2 heterocycles. The highest BCUT2D eigenvalue weighted by atomic mass is 16.5. The van der Waals surface area contributed by atoms with Crippen LogP contribution < -0.4 is 20.1 Å². The third-order valence-corrected chi connectivity index (χ3v) is 4.61. The monoisotopic (exact) mass is 392 g/mol. The van der Waals surface area contributed by atoms with Gasteiger partial charge in [0.1, 0.15) is 23.3 Å². The molecule has 2 aromatic heterocycles. The summed E-state index contributed by atoms with van der Waals surface area (Å²) < 4.78 is 18.4. The molecule has 29 heavy (non-hydrogen) atoms. The van der Waals surface area contributed by atoms with Crippen LogP contribution in [0.15, 0.2) is 59.7 Å². The van der Waals surface area contributed by atoms with Crippen LogP contribution >= 0.6 is 0 Å². The van der Waals surface area contributed by atoms with Crippen LogP contribution in [0, 0.1) is 0 Å². The maximum atomic E-state index is 12.0. The van der Waals surface area contributed by atoms with Crippen molar-refractivity contribution < 1.29 is 10.9 Å². The summed E-state index contributed by atoms with van der Waals surface area (Å²) in [6.07, 6.45) is 1.37. The molecule has 0 saturated heterocycles. The molecule has 0 unspecified atom stereocenters. The number of nitrogens with one attached hydrogen (secondary N) is 2. The molecule has 0 saturated carbocycles. The van der Waals surface area contributed by atoms with E-state index in [-0.39, 0.29) is 5.65 Å². The third kappa shape index (κ3) is 4.06. The van der Waals surface area contributed by atoms with E-state index in [2.05, 4.69) is 15.0 Å². The highest BCUT2D eigenvalue weighted by Crippen LogP contribution is 2.24. The fourth-order valence-corrected chi connectivity index (χ4v) is 3.14. The zero-order valence-electron chi connectivity index (χ0n) is 17.1. The highest BCUT2D eigenvalue weighted by molar-refractivity contribution is 5.82. The Kier molecular flexibility index (Phi) is 4.80. The van der Waals surface area contributed by atoms with Gasteiger partial charge in [-0.3, -0.25) is 4.98 Å². The van der Waals surface area contributed by atoms with Gasteiger partial charge in [-0.15, -0.1) is 0 Å². The van der Waals surface area contributed by atoms with E-state index in [1.54, 1.807) is 14.2 Å². The Morgan fingerprint density at radius 2 is 1.48 bits per heavy atom. The number of benzene rings is 2. The molecule has 8 nitrogen and oxygen atoms in total. The molecule has 0 amide bonds. The molecule has 0 radical (unpaired) electrons. The number of fused-ring (bicyclic) bond motifs is 1. The van der Waals surface area contributed by atoms with Gasteiger partial charge in [-0.1, -0.05) is 24.3 Å². The van der Waals surface area contributed by atoms with Crippen molar-refractivity contribution in [2.75, 3.05) is 19.1 Å². The summed E-state index contributed by atoms with van der Waals surface area (Å²) in [5.74, 6) is 2.11. The first-order valence-electron chi connectivity index (χ1n) is 9.49. The second-order valence-corrected chi connectivity index (χ2v) is 6.49. The first kappa shape index (κ1) is 17.3. The Morgan fingerprint density at radius 1 is 0.931 bits per heavy atom. The fraction of sp³-hybridized carbons (Fsp3) is 0.190. The van der Waals surface area contributed by atoms with E-state index in [1.807, 2.05) is 53.4 Å². The zero-order chi connectivity index (χ0) is 21.1. The second kappa shape index (κ2) is 8.05. The molecular weight excluding hydrogens is 370 g/mol. The van der Waals surface area contributed by atoms with Gasteiger partial charge in [0, 0.05) is 13.1 Å². The van der Waals surface area contributed by atoms with Crippen LogP contribution in [0.5, 0.6) is 11.5 Å². The van der Waals surface area contributed by atoms with Gasteiger partial charge in [0.25, 0.3) is 0 Å². The first-order chi connectivity index (χ1) is 14.6. The number of nitrogens with zero attached hydrogens (tertiary/aromatic N) is 3. The lowest BCUT2D eigenvalue weighted by molar-refractivity contribution is 0.414. The van der Waals surface area contributed by atoms with Crippen molar-refractivity contribution >= 4 is 17.0 Å². The first-order valence-corrected chi connectivity index (χ1v) is 9.05. The van der Waals surface area contributed by atoms with E-state index >= 15 is 0 Å². The van der Waals surface area contributed by atoms with Crippen LogP contribution in [0.3, 0.4) is 0 Å². The molecule has 148 valence electrons. The van der Waals surface area contributed by atoms with Gasteiger partial charge in [0.15, 0.2) is 12.9 Å². The smallest absolute Gasteiger partial charge is 0.325 e. The van der Waals surface area contributed by atoms with E-state index < -0.39 is 5.69 Å². The minimum atomic E-state index is -0.555. The van der Waals surface area contributed by atoms with Crippen molar-refractivity contribution in [3.05, 3.63) is 76.5 Å². The van der Waals surface area contributed by atoms with E-state index in [1.165, 1.54) is 6.33 Å². The summed E-state index contributed by atoms with van der Waals surface area (Å²) in [6, 6.07) is 15.5. The number of rotatable bonds is 7. The van der Waals surface area contributed by atoms with Crippen LogP contribution in [0.1, 0.15) is 11.1 Å². The maximum Gasteiger partial charge on any atom is 0.325 e. The van der Waals surface area contributed by atoms with Gasteiger partial charge in [-0.2, -0.15) is 0 Å². The SMILES string of the molecule is [2H]n1c(=O)[nH]c2c(N(Cc3ccc(OC)cc3)Cc3ccc(OC)cc3)ncnc21. The number of imidazole rings is 1. The summed E-state index contributed by atoms with van der Waals surface area (Å²) in [4.78, 5) is 25.9. The highest BCUT2D eigenvalue weighted by Gasteiger charge is 2.16. The lowest BCUT2D eigenvalue weighted by Crippen LogP contribution is -2.23. The van der Waals surface area contributed by atoms with Crippen LogP contribution in [-0.2, 0) is 13.1 Å². The van der Waals surface area contributed by atoms with Gasteiger partial charge in [-0.05, 0) is 35.4 Å². The maximum absolute atomic E-state index is 12.0. The van der Waals surface area contributed by atoms with Crippen molar-refractivity contribution in [3.63, 3.8) is 0 Å². The van der Waals surface area contributed by atoms with Crippen molar-refractivity contribution in [2.24, 2.45) is 0 Å². The lowest BCUT2D eigenvalue weighted by atomic mass is 10.1. The molecule has 4 rings (SSSR count). The number of H-pyrrole nitrogens is 2. The molecular formula is C21H21N5O3. The number of ether oxygens (including phenoxy) is 2. The number of hydrogen-bond acceptors (Lipinski definition) is 6. The topological polar surface area (TPSA) is 96.1 Å². The Labute approximate surface area is 168 Å². The van der Waals surface area contributed by atoms with E-state index in [9.17, 15) is 4.79 Å². The quantitative estimate of drug-likeness (QED) is 0.502. The Bertz CT molecular complexity index is 1150. The molecule has 0 aliphatic carbocycles. The largest absolute Gasteiger partial charge is 0.497 e. The van der Waals surface area contributed by atoms with Gasteiger partial charge < -0.3 is 19.4 Å². The molecule has 0 aliphatic rings. The average Bonchev–Trinajstić information content (AvgIpc) is 3.08. The number of hydrogen-bond donors (Lipinski definition) is 2. The number of methoxy groups -OCH3 is 2. The van der Waals surface area contributed by atoms with Gasteiger partial charge in [0.2, 0.25) is 0 Å². The summed E-state index contributed by atoms with van der Waals surface area (Å²) >= 11 is 0. The molecule has 0 spiro atoms. The Morgan fingerprint density at radius 3 is 2.00 bits per heavy atom. The number of anilines is 1. The van der Waals surface area contributed by atoms with E-state index in [0.717, 1.165) is 27.6 Å². The van der Waals surface area contributed by atoms with Gasteiger partial charge >= 0.3 is 5.69 Å². The van der Waals surface area contributed by atoms with Crippen molar-refractivity contribution in [2.45, 2.75) is 13.1 Å². The number of aromatic nitrogens is 4.